The standard InChI is InChI=1S/C19H20ClFN4OS2/c1-25(2)10-14-5-3-4-13(6-14)9-22-17-8-16(21)18(7-15(17)20)28(26)24-19-11-27-12-23-19/h3-8,11-12,22,24H,9-10H2,1-2H3. The first-order chi connectivity index (χ1) is 13.4. The van der Waals surface area contributed by atoms with Crippen LogP contribution in [0.4, 0.5) is 15.9 Å². The second kappa shape index (κ2) is 9.47. The van der Waals surface area contributed by atoms with Gasteiger partial charge in [-0.2, -0.15) is 0 Å². The molecule has 1 unspecified atom stereocenters. The quantitative estimate of drug-likeness (QED) is 0.533. The molecular weight excluding hydrogens is 419 g/mol. The van der Waals surface area contributed by atoms with Crippen molar-refractivity contribution in [1.29, 1.82) is 0 Å². The number of rotatable bonds is 8. The first kappa shape index (κ1) is 20.7. The fourth-order valence-electron chi connectivity index (χ4n) is 2.62. The van der Waals surface area contributed by atoms with Crippen LogP contribution >= 0.6 is 22.9 Å². The smallest absolute Gasteiger partial charge is 0.154 e. The molecule has 0 fully saturated rings. The third-order valence-corrected chi connectivity index (χ3v) is 5.83. The number of benzene rings is 2. The van der Waals surface area contributed by atoms with E-state index in [1.807, 2.05) is 26.2 Å². The number of aromatic nitrogens is 1. The van der Waals surface area contributed by atoms with E-state index < -0.39 is 16.8 Å². The van der Waals surface area contributed by atoms with Crippen molar-refractivity contribution in [3.05, 3.63) is 69.3 Å². The average molecular weight is 439 g/mol. The van der Waals surface area contributed by atoms with Gasteiger partial charge in [-0.05, 0) is 37.4 Å². The minimum absolute atomic E-state index is 0.0171. The predicted octanol–water partition coefficient (Wildman–Crippen LogP) is 4.74. The number of anilines is 2. The molecule has 2 N–H and O–H groups in total. The summed E-state index contributed by atoms with van der Waals surface area (Å²) in [6, 6.07) is 10.8. The van der Waals surface area contributed by atoms with Crippen molar-refractivity contribution in [2.75, 3.05) is 24.1 Å². The van der Waals surface area contributed by atoms with Crippen LogP contribution in [0.25, 0.3) is 0 Å². The highest BCUT2D eigenvalue weighted by molar-refractivity contribution is 7.86. The lowest BCUT2D eigenvalue weighted by Crippen LogP contribution is -2.11. The van der Waals surface area contributed by atoms with E-state index in [9.17, 15) is 8.60 Å². The number of hydrogen-bond donors (Lipinski definition) is 2. The maximum absolute atomic E-state index is 14.5. The third kappa shape index (κ3) is 5.51. The Labute approximate surface area is 175 Å². The van der Waals surface area contributed by atoms with Gasteiger partial charge in [0.15, 0.2) is 11.0 Å². The Hall–Kier alpha value is -2.00. The Morgan fingerprint density at radius 1 is 1.25 bits per heavy atom. The van der Waals surface area contributed by atoms with Crippen molar-refractivity contribution in [2.45, 2.75) is 18.0 Å². The topological polar surface area (TPSA) is 57.3 Å². The van der Waals surface area contributed by atoms with E-state index in [1.165, 1.54) is 29.0 Å². The van der Waals surface area contributed by atoms with E-state index in [0.717, 1.165) is 12.1 Å². The van der Waals surface area contributed by atoms with Crippen LogP contribution in [-0.2, 0) is 24.1 Å². The zero-order valence-corrected chi connectivity index (χ0v) is 17.8. The molecule has 9 heteroatoms. The van der Waals surface area contributed by atoms with Crippen molar-refractivity contribution in [1.82, 2.24) is 9.88 Å². The van der Waals surface area contributed by atoms with Crippen LogP contribution in [0.5, 0.6) is 0 Å². The van der Waals surface area contributed by atoms with E-state index >= 15 is 0 Å². The summed E-state index contributed by atoms with van der Waals surface area (Å²) < 4.78 is 29.5. The molecule has 3 aromatic rings. The lowest BCUT2D eigenvalue weighted by atomic mass is 10.1. The summed E-state index contributed by atoms with van der Waals surface area (Å²) >= 11 is 7.64. The fraction of sp³-hybridized carbons (Fsp3) is 0.211. The fourth-order valence-corrected chi connectivity index (χ4v) is 4.35. The van der Waals surface area contributed by atoms with Gasteiger partial charge in [0.2, 0.25) is 0 Å². The van der Waals surface area contributed by atoms with E-state index in [-0.39, 0.29) is 4.90 Å². The number of thiazole rings is 1. The molecule has 5 nitrogen and oxygen atoms in total. The SMILES string of the molecule is CN(C)Cc1cccc(CNc2cc(F)c(S(=O)Nc3cscn3)cc2Cl)c1. The van der Waals surface area contributed by atoms with E-state index in [0.29, 0.717) is 23.1 Å². The molecule has 0 radical (unpaired) electrons. The van der Waals surface area contributed by atoms with E-state index in [4.69, 9.17) is 11.6 Å². The van der Waals surface area contributed by atoms with Crippen molar-refractivity contribution < 1.29 is 8.60 Å². The third-order valence-electron chi connectivity index (χ3n) is 3.82. The van der Waals surface area contributed by atoms with Crippen molar-refractivity contribution in [2.24, 2.45) is 0 Å². The van der Waals surface area contributed by atoms with Crippen LogP contribution in [0.15, 0.2) is 52.2 Å². The lowest BCUT2D eigenvalue weighted by molar-refractivity contribution is 0.402. The summed E-state index contributed by atoms with van der Waals surface area (Å²) in [6.07, 6.45) is 0. The molecule has 0 saturated carbocycles. The van der Waals surface area contributed by atoms with Gasteiger partial charge in [-0.3, -0.25) is 4.72 Å². The van der Waals surface area contributed by atoms with Gasteiger partial charge in [0.05, 0.1) is 21.1 Å². The Kier molecular flexibility index (Phi) is 7.01. The van der Waals surface area contributed by atoms with E-state index in [2.05, 4.69) is 32.1 Å². The van der Waals surface area contributed by atoms with E-state index in [1.54, 1.807) is 10.9 Å². The van der Waals surface area contributed by atoms with Gasteiger partial charge >= 0.3 is 0 Å². The summed E-state index contributed by atoms with van der Waals surface area (Å²) in [5, 5.41) is 5.14. The second-order valence-electron chi connectivity index (χ2n) is 6.42. The summed E-state index contributed by atoms with van der Waals surface area (Å²) in [7, 11) is 2.24. The van der Waals surface area contributed by atoms with Crippen molar-refractivity contribution >= 4 is 45.4 Å². The summed E-state index contributed by atoms with van der Waals surface area (Å²) in [5.41, 5.74) is 4.31. The zero-order chi connectivity index (χ0) is 20.1. The summed E-state index contributed by atoms with van der Waals surface area (Å²) in [4.78, 5) is 6.06. The normalized spacial score (nSPS) is 12.2. The molecule has 3 rings (SSSR count). The average Bonchev–Trinajstić information content (AvgIpc) is 3.14. The molecule has 148 valence electrons. The van der Waals surface area contributed by atoms with Crippen LogP contribution in [-0.4, -0.2) is 28.2 Å². The van der Waals surface area contributed by atoms with Crippen LogP contribution in [0, 0.1) is 5.82 Å². The molecule has 1 aromatic heterocycles. The highest BCUT2D eigenvalue weighted by Gasteiger charge is 2.15. The van der Waals surface area contributed by atoms with Gasteiger partial charge < -0.3 is 10.2 Å². The number of hydrogen-bond acceptors (Lipinski definition) is 5. The largest absolute Gasteiger partial charge is 0.380 e. The van der Waals surface area contributed by atoms with Crippen LogP contribution in [0.2, 0.25) is 5.02 Å². The molecule has 0 saturated heterocycles. The van der Waals surface area contributed by atoms with Gasteiger partial charge in [-0.1, -0.05) is 35.9 Å². The molecule has 0 aliphatic heterocycles. The number of nitrogens with zero attached hydrogens (tertiary/aromatic N) is 2. The van der Waals surface area contributed by atoms with Crippen molar-refractivity contribution in [3.8, 4) is 0 Å². The van der Waals surface area contributed by atoms with Crippen LogP contribution in [0.1, 0.15) is 11.1 Å². The highest BCUT2D eigenvalue weighted by Crippen LogP contribution is 2.28. The maximum Gasteiger partial charge on any atom is 0.154 e. The molecule has 1 atom stereocenters. The Morgan fingerprint density at radius 2 is 2.04 bits per heavy atom. The Bertz CT molecular complexity index is 967. The summed E-state index contributed by atoms with van der Waals surface area (Å²) in [6.45, 7) is 1.34. The maximum atomic E-state index is 14.5. The van der Waals surface area contributed by atoms with Gasteiger partial charge in [-0.15, -0.1) is 11.3 Å². The van der Waals surface area contributed by atoms with Gasteiger partial charge in [0.1, 0.15) is 11.6 Å². The van der Waals surface area contributed by atoms with Gasteiger partial charge in [0, 0.05) is 18.5 Å². The molecule has 0 bridgehead atoms. The molecule has 0 aliphatic rings. The predicted molar refractivity (Wildman–Crippen MR) is 115 cm³/mol. The molecular formula is C19H20ClFN4OS2. The number of halogens is 2. The number of nitrogens with one attached hydrogen (secondary N) is 2. The highest BCUT2D eigenvalue weighted by atomic mass is 35.5. The summed E-state index contributed by atoms with van der Waals surface area (Å²) in [5.74, 6) is -0.173. The monoisotopic (exact) mass is 438 g/mol. The van der Waals surface area contributed by atoms with Crippen LogP contribution in [0.3, 0.4) is 0 Å². The minimum atomic E-state index is -1.79. The lowest BCUT2D eigenvalue weighted by Gasteiger charge is -2.13. The van der Waals surface area contributed by atoms with Gasteiger partial charge in [0.25, 0.3) is 0 Å². The molecule has 28 heavy (non-hydrogen) atoms. The second-order valence-corrected chi connectivity index (χ2v) is 8.73. The molecule has 0 spiro atoms. The Morgan fingerprint density at radius 3 is 2.75 bits per heavy atom. The zero-order valence-electron chi connectivity index (χ0n) is 15.4. The molecule has 0 aliphatic carbocycles. The minimum Gasteiger partial charge on any atom is -0.380 e. The first-order valence-corrected chi connectivity index (χ1v) is 10.9. The molecule has 0 amide bonds. The van der Waals surface area contributed by atoms with Gasteiger partial charge in [-0.25, -0.2) is 13.6 Å². The Balaban J connectivity index is 1.70. The van der Waals surface area contributed by atoms with Crippen molar-refractivity contribution in [3.63, 3.8) is 0 Å². The first-order valence-electron chi connectivity index (χ1n) is 8.44. The van der Waals surface area contributed by atoms with Crippen LogP contribution < -0.4 is 10.0 Å². The molecule has 2 aromatic carbocycles. The molecule has 1 heterocycles.